The van der Waals surface area contributed by atoms with Gasteiger partial charge in [0.15, 0.2) is 8.32 Å². The van der Waals surface area contributed by atoms with Gasteiger partial charge in [-0.05, 0) is 18.1 Å². The van der Waals surface area contributed by atoms with Crippen molar-refractivity contribution in [1.29, 1.82) is 0 Å². The van der Waals surface area contributed by atoms with Crippen molar-refractivity contribution in [1.82, 2.24) is 14.8 Å². The Bertz CT molecular complexity index is 1640. The maximum absolute atomic E-state index is 12.4. The number of carboxylic acid groups (broad SMARTS) is 2. The van der Waals surface area contributed by atoms with Crippen molar-refractivity contribution in [3.8, 4) is 11.1 Å². The summed E-state index contributed by atoms with van der Waals surface area (Å²) in [7, 11) is -1.85. The second-order valence-corrected chi connectivity index (χ2v) is 36.7. The molecule has 47 heavy (non-hydrogen) atoms. The number of rotatable bonds is 6. The molecule has 0 radical (unpaired) electrons. The first-order valence-electron chi connectivity index (χ1n) is 16.8. The van der Waals surface area contributed by atoms with E-state index in [0.717, 1.165) is 51.5 Å². The predicted molar refractivity (Wildman–Crippen MR) is 194 cm³/mol. The Hall–Kier alpha value is -2.38. The van der Waals surface area contributed by atoms with Gasteiger partial charge in [0.05, 0.1) is 0 Å². The molecule has 2 amide bonds. The van der Waals surface area contributed by atoms with Crippen LogP contribution in [0.5, 0.6) is 0 Å². The van der Waals surface area contributed by atoms with E-state index in [4.69, 9.17) is 18.9 Å². The van der Waals surface area contributed by atoms with Crippen molar-refractivity contribution in [2.45, 2.75) is 144 Å². The molecule has 0 atom stereocenters. The third kappa shape index (κ3) is 7.46. The van der Waals surface area contributed by atoms with Gasteiger partial charge in [0.25, 0.3) is 0 Å². The Kier molecular flexibility index (Phi) is 9.95. The second kappa shape index (κ2) is 12.5. The number of pyridine rings is 1. The summed E-state index contributed by atoms with van der Waals surface area (Å²) in [5.74, 6) is -0.214. The van der Waals surface area contributed by atoms with Crippen LogP contribution in [-0.2, 0) is 15.3 Å². The van der Waals surface area contributed by atoms with Crippen LogP contribution < -0.4 is 8.68 Å². The van der Waals surface area contributed by atoms with Gasteiger partial charge in [-0.25, -0.2) is 0 Å². The zero-order chi connectivity index (χ0) is 35.7. The molecular weight excluding hydrogens is 719 g/mol. The number of nitrogens with zero attached hydrogens (tertiary/aromatic N) is 4. The van der Waals surface area contributed by atoms with E-state index in [0.29, 0.717) is 5.69 Å². The minimum absolute atomic E-state index is 0.169. The van der Waals surface area contributed by atoms with Crippen molar-refractivity contribution in [3.63, 3.8) is 0 Å². The van der Waals surface area contributed by atoms with E-state index in [1.807, 2.05) is 27.0 Å². The third-order valence-electron chi connectivity index (χ3n) is 9.73. The van der Waals surface area contributed by atoms with Crippen LogP contribution in [0.15, 0.2) is 16.8 Å². The van der Waals surface area contributed by atoms with Crippen LogP contribution in [0.2, 0.25) is 33.0 Å². The summed E-state index contributed by atoms with van der Waals surface area (Å²) in [5.41, 5.74) is 2.51. The van der Waals surface area contributed by atoms with E-state index in [2.05, 4.69) is 80.3 Å². The van der Waals surface area contributed by atoms with Gasteiger partial charge in [0.2, 0.25) is 0 Å². The molecule has 10 nitrogen and oxygen atoms in total. The van der Waals surface area contributed by atoms with Gasteiger partial charge in [-0.2, -0.15) is 0 Å². The number of hydrogen-bond donors (Lipinski definition) is 2. The van der Waals surface area contributed by atoms with Crippen molar-refractivity contribution in [2.75, 3.05) is 4.90 Å². The average Bonchev–Trinajstić information content (AvgIpc) is 3.53. The zero-order valence-corrected chi connectivity index (χ0v) is 34.8. The van der Waals surface area contributed by atoms with Crippen LogP contribution in [0.4, 0.5) is 15.4 Å². The number of hydrogen-bond acceptors (Lipinski definition) is 6. The molecule has 1 aliphatic carbocycles. The normalized spacial score (nSPS) is 18.5. The zero-order valence-electron chi connectivity index (χ0n) is 31.0. The molecule has 1 saturated carbocycles. The minimum atomic E-state index is -3.03. The summed E-state index contributed by atoms with van der Waals surface area (Å²) in [6.45, 7) is 23.9. The molecule has 0 bridgehead atoms. The average molecular weight is 776 g/mol. The van der Waals surface area contributed by atoms with Gasteiger partial charge in [-0.15, -0.1) is 0 Å². The molecule has 0 saturated heterocycles. The predicted octanol–water partition coefficient (Wildman–Crippen LogP) is 9.50. The summed E-state index contributed by atoms with van der Waals surface area (Å²) in [5, 5.41) is 25.9. The van der Waals surface area contributed by atoms with Crippen LogP contribution in [0, 0.1) is 0 Å². The molecule has 1 fully saturated rings. The molecule has 1 aliphatic rings. The fourth-order valence-corrected chi connectivity index (χ4v) is 12.5. The van der Waals surface area contributed by atoms with Gasteiger partial charge in [0.1, 0.15) is 0 Å². The molecule has 0 spiro atoms. The standard InChI is InChI=1S/C32H47N4O6Si.3CH3.Sn/c1-30(2,3)22-18-41-25-24(22)23(26(31(4,5)6)34-27(25)36(28(37)38)29(39)40)19-16-33-35(17-19)20-12-14-21(15-13-20)42-43(10,11)32(7,8)9;;;;/h16-17,20-21H,12-15H2,1-11H3,(H,37,38)(H,39,40);3*1H3;/t20-,21-;;;;. The topological polar surface area (TPSA) is 131 Å². The van der Waals surface area contributed by atoms with Crippen LogP contribution in [-0.4, -0.2) is 70.0 Å². The number of amides is 2. The Labute approximate surface area is 285 Å². The fourth-order valence-electron chi connectivity index (χ4n) is 6.33. The molecule has 0 unspecified atom stereocenters. The molecule has 4 rings (SSSR count). The molecule has 2 N–H and O–H groups in total. The summed E-state index contributed by atoms with van der Waals surface area (Å²) >= 11 is -3.03. The van der Waals surface area contributed by atoms with Crippen molar-refractivity contribution in [3.05, 3.63) is 23.7 Å². The Morgan fingerprint density at radius 2 is 1.51 bits per heavy atom. The second-order valence-electron chi connectivity index (χ2n) is 17.8. The summed E-state index contributed by atoms with van der Waals surface area (Å²) < 4.78 is 16.3. The van der Waals surface area contributed by atoms with E-state index >= 15 is 0 Å². The number of furan rings is 1. The van der Waals surface area contributed by atoms with E-state index < -0.39 is 44.3 Å². The number of aromatic nitrogens is 3. The molecule has 0 aromatic carbocycles. The van der Waals surface area contributed by atoms with Gasteiger partial charge < -0.3 is 0 Å². The van der Waals surface area contributed by atoms with Crippen molar-refractivity contribution >= 4 is 59.4 Å². The van der Waals surface area contributed by atoms with Gasteiger partial charge in [-0.3, -0.25) is 0 Å². The first kappa shape index (κ1) is 37.4. The molecular formula is C35H56N4O6SiSn. The molecule has 0 aliphatic heterocycles. The van der Waals surface area contributed by atoms with Gasteiger partial charge in [0, 0.05) is 0 Å². The summed E-state index contributed by atoms with van der Waals surface area (Å²) in [6, 6.07) is 0.228. The van der Waals surface area contributed by atoms with E-state index in [1.54, 1.807) is 0 Å². The maximum atomic E-state index is 12.4. The van der Waals surface area contributed by atoms with Crippen LogP contribution in [0.3, 0.4) is 0 Å². The van der Waals surface area contributed by atoms with Crippen molar-refractivity contribution in [2.24, 2.45) is 0 Å². The van der Waals surface area contributed by atoms with Crippen LogP contribution >= 0.6 is 0 Å². The fraction of sp³-hybridized carbons (Fsp3) is 0.657. The van der Waals surface area contributed by atoms with E-state index in [9.17, 15) is 19.8 Å². The first-order chi connectivity index (χ1) is 21.3. The SMILES string of the molecule is CC(C)(C)c1nc(N(C(=O)O)C(=O)O)c2o[c]([Sn]([CH3])([CH3])[CH3])c(C(C)(C)C)c2c1-c1cnn([C@H]2CC[C@H](O[Si](C)(C)C(C)(C)C)CC2)c1. The van der Waals surface area contributed by atoms with Gasteiger partial charge in [-0.1, -0.05) is 20.8 Å². The molecule has 3 aromatic rings. The molecule has 3 heterocycles. The Balaban J connectivity index is 1.93. The van der Waals surface area contributed by atoms with Gasteiger partial charge >= 0.3 is 239 Å². The number of anilines is 1. The third-order valence-corrected chi connectivity index (χ3v) is 19.2. The van der Waals surface area contributed by atoms with E-state index in [-0.39, 0.29) is 38.9 Å². The van der Waals surface area contributed by atoms with Crippen LogP contribution in [0.25, 0.3) is 22.1 Å². The Morgan fingerprint density at radius 3 is 1.96 bits per heavy atom. The number of carbonyl (C=O) groups is 2. The molecule has 260 valence electrons. The summed E-state index contributed by atoms with van der Waals surface area (Å²) in [6.07, 6.45) is 4.85. The summed E-state index contributed by atoms with van der Waals surface area (Å²) in [4.78, 5) is 36.6. The first-order valence-corrected chi connectivity index (χ1v) is 29.7. The quantitative estimate of drug-likeness (QED) is 0.237. The van der Waals surface area contributed by atoms with E-state index in [1.165, 1.54) is 0 Å². The number of imide groups is 1. The number of fused-ring (bicyclic) bond motifs is 1. The van der Waals surface area contributed by atoms with Crippen molar-refractivity contribution < 1.29 is 28.6 Å². The van der Waals surface area contributed by atoms with Crippen LogP contribution in [0.1, 0.15) is 105 Å². The molecule has 3 aromatic heterocycles. The Morgan fingerprint density at radius 1 is 0.957 bits per heavy atom. The molecule has 12 heteroatoms. The monoisotopic (exact) mass is 776 g/mol.